The Kier molecular flexibility index (Phi) is 5.31. The van der Waals surface area contributed by atoms with Crippen LogP contribution in [-0.4, -0.2) is 41.5 Å². The van der Waals surface area contributed by atoms with Crippen molar-refractivity contribution in [2.75, 3.05) is 20.4 Å². The molecule has 0 atom stereocenters. The topological polar surface area (TPSA) is 71.5 Å². The summed E-state index contributed by atoms with van der Waals surface area (Å²) < 4.78 is 46.7. The molecular formula is C10H17NO4S2. The molecule has 0 unspecified atom stereocenters. The fraction of sp³-hybridized carbons (Fsp3) is 0.400. The molecule has 0 rings (SSSR count). The van der Waals surface area contributed by atoms with E-state index in [1.807, 2.05) is 0 Å². The van der Waals surface area contributed by atoms with Gasteiger partial charge in [0.05, 0.1) is 9.81 Å². The molecule has 0 aliphatic rings. The van der Waals surface area contributed by atoms with E-state index < -0.39 is 19.9 Å². The summed E-state index contributed by atoms with van der Waals surface area (Å²) in [6.45, 7) is 4.91. The highest BCUT2D eigenvalue weighted by Crippen LogP contribution is 2.13. The van der Waals surface area contributed by atoms with Crippen molar-refractivity contribution in [2.45, 2.75) is 6.92 Å². The second-order valence-electron chi connectivity index (χ2n) is 3.55. The standard InChI is InChI=1S/C10H17NO4S2/c1-6-10(17(14,15)11(3)4)8-7-9(2)16(5,12)13/h6-8H,2H2,1,3-5H3/b8-7-,10-6+. The van der Waals surface area contributed by atoms with Crippen LogP contribution >= 0.6 is 0 Å². The maximum Gasteiger partial charge on any atom is 0.242 e. The summed E-state index contributed by atoms with van der Waals surface area (Å²) in [5.74, 6) is 0. The predicted molar refractivity (Wildman–Crippen MR) is 69.5 cm³/mol. The zero-order chi connectivity index (χ0) is 13.9. The lowest BCUT2D eigenvalue weighted by Gasteiger charge is -2.11. The van der Waals surface area contributed by atoms with Crippen LogP contribution in [0.2, 0.25) is 0 Å². The Morgan fingerprint density at radius 2 is 1.59 bits per heavy atom. The van der Waals surface area contributed by atoms with Gasteiger partial charge in [-0.3, -0.25) is 0 Å². The van der Waals surface area contributed by atoms with Gasteiger partial charge < -0.3 is 0 Å². The molecule has 0 amide bonds. The van der Waals surface area contributed by atoms with Gasteiger partial charge in [0, 0.05) is 20.4 Å². The van der Waals surface area contributed by atoms with E-state index in [4.69, 9.17) is 0 Å². The lowest BCUT2D eigenvalue weighted by atomic mass is 10.4. The molecule has 7 heteroatoms. The predicted octanol–water partition coefficient (Wildman–Crippen LogP) is 0.896. The zero-order valence-electron chi connectivity index (χ0n) is 10.3. The first kappa shape index (κ1) is 16.1. The maximum absolute atomic E-state index is 11.8. The van der Waals surface area contributed by atoms with Crippen LogP contribution < -0.4 is 0 Å². The van der Waals surface area contributed by atoms with Crippen LogP contribution in [0.15, 0.2) is 34.6 Å². The Labute approximate surface area is 103 Å². The third kappa shape index (κ3) is 4.45. The number of rotatable bonds is 5. The molecule has 5 nitrogen and oxygen atoms in total. The molecule has 98 valence electrons. The van der Waals surface area contributed by atoms with Crippen molar-refractivity contribution in [3.05, 3.63) is 34.6 Å². The Bertz CT molecular complexity index is 551. The molecule has 0 saturated carbocycles. The van der Waals surface area contributed by atoms with Gasteiger partial charge >= 0.3 is 0 Å². The molecule has 0 fully saturated rings. The van der Waals surface area contributed by atoms with E-state index in [0.717, 1.165) is 10.6 Å². The average Bonchev–Trinajstić information content (AvgIpc) is 2.16. The highest BCUT2D eigenvalue weighted by Gasteiger charge is 2.17. The fourth-order valence-corrected chi connectivity index (χ4v) is 2.12. The smallest absolute Gasteiger partial charge is 0.224 e. The lowest BCUT2D eigenvalue weighted by molar-refractivity contribution is 0.529. The third-order valence-corrected chi connectivity index (χ3v) is 4.99. The number of hydrogen-bond acceptors (Lipinski definition) is 4. The number of hydrogen-bond donors (Lipinski definition) is 0. The van der Waals surface area contributed by atoms with Gasteiger partial charge in [-0.25, -0.2) is 21.1 Å². The van der Waals surface area contributed by atoms with Gasteiger partial charge in [0.25, 0.3) is 0 Å². The van der Waals surface area contributed by atoms with Crippen molar-refractivity contribution >= 4 is 19.9 Å². The molecule has 0 aliphatic carbocycles. The van der Waals surface area contributed by atoms with E-state index in [1.165, 1.54) is 32.3 Å². The van der Waals surface area contributed by atoms with Gasteiger partial charge in [-0.15, -0.1) is 0 Å². The van der Waals surface area contributed by atoms with E-state index >= 15 is 0 Å². The maximum atomic E-state index is 11.8. The van der Waals surface area contributed by atoms with E-state index in [1.54, 1.807) is 6.92 Å². The van der Waals surface area contributed by atoms with Crippen molar-refractivity contribution in [1.29, 1.82) is 0 Å². The van der Waals surface area contributed by atoms with Crippen LogP contribution in [0.1, 0.15) is 6.92 Å². The first-order valence-electron chi connectivity index (χ1n) is 4.69. The number of allylic oxidation sites excluding steroid dienone is 3. The summed E-state index contributed by atoms with van der Waals surface area (Å²) >= 11 is 0. The van der Waals surface area contributed by atoms with Gasteiger partial charge in [-0.05, 0) is 19.1 Å². The monoisotopic (exact) mass is 279 g/mol. The Morgan fingerprint density at radius 3 is 1.88 bits per heavy atom. The largest absolute Gasteiger partial charge is 0.242 e. The molecular weight excluding hydrogens is 262 g/mol. The van der Waals surface area contributed by atoms with E-state index in [2.05, 4.69) is 6.58 Å². The van der Waals surface area contributed by atoms with Crippen LogP contribution in [0.4, 0.5) is 0 Å². The highest BCUT2D eigenvalue weighted by molar-refractivity contribution is 7.94. The lowest BCUT2D eigenvalue weighted by Crippen LogP contribution is -2.23. The van der Waals surface area contributed by atoms with Crippen molar-refractivity contribution in [2.24, 2.45) is 0 Å². The minimum absolute atomic E-state index is 0.0206. The second-order valence-corrected chi connectivity index (χ2v) is 7.77. The summed E-state index contributed by atoms with van der Waals surface area (Å²) in [4.78, 5) is -0.113. The van der Waals surface area contributed by atoms with Crippen molar-refractivity contribution in [1.82, 2.24) is 4.31 Å². The molecule has 0 N–H and O–H groups in total. The van der Waals surface area contributed by atoms with Crippen LogP contribution in [0.25, 0.3) is 0 Å². The van der Waals surface area contributed by atoms with Gasteiger partial charge in [0.1, 0.15) is 0 Å². The van der Waals surface area contributed by atoms with Crippen LogP contribution in [0, 0.1) is 0 Å². The minimum atomic E-state index is -3.56. The molecule has 17 heavy (non-hydrogen) atoms. The number of nitrogens with zero attached hydrogens (tertiary/aromatic N) is 1. The highest BCUT2D eigenvalue weighted by atomic mass is 32.2. The van der Waals surface area contributed by atoms with E-state index in [0.29, 0.717) is 0 Å². The number of sulfonamides is 1. The van der Waals surface area contributed by atoms with Crippen molar-refractivity contribution < 1.29 is 16.8 Å². The SMILES string of the molecule is C=C(/C=C\C(=C/C)S(=O)(=O)N(C)C)S(C)(=O)=O. The second kappa shape index (κ2) is 5.61. The minimum Gasteiger partial charge on any atom is -0.224 e. The Hall–Kier alpha value is -0.920. The summed E-state index contributed by atoms with van der Waals surface area (Å²) in [7, 11) is -4.15. The van der Waals surface area contributed by atoms with Gasteiger partial charge in [0.2, 0.25) is 10.0 Å². The zero-order valence-corrected chi connectivity index (χ0v) is 12.0. The normalized spacial score (nSPS) is 14.5. The van der Waals surface area contributed by atoms with E-state index in [9.17, 15) is 16.8 Å². The first-order chi connectivity index (χ1) is 7.53. The average molecular weight is 279 g/mol. The quantitative estimate of drug-likeness (QED) is 0.701. The fourth-order valence-electron chi connectivity index (χ4n) is 0.841. The third-order valence-electron chi connectivity index (χ3n) is 1.97. The van der Waals surface area contributed by atoms with E-state index in [-0.39, 0.29) is 9.81 Å². The molecule has 0 aliphatic heterocycles. The Morgan fingerprint density at radius 1 is 1.12 bits per heavy atom. The molecule has 0 aromatic heterocycles. The molecule has 0 spiro atoms. The Balaban J connectivity index is 5.29. The molecule has 0 aromatic carbocycles. The molecule has 0 bridgehead atoms. The summed E-state index contributed by atoms with van der Waals surface area (Å²) in [6, 6.07) is 0. The molecule has 0 heterocycles. The van der Waals surface area contributed by atoms with Crippen LogP contribution in [-0.2, 0) is 19.9 Å². The number of sulfone groups is 1. The summed E-state index contributed by atoms with van der Waals surface area (Å²) in [6.07, 6.45) is 4.79. The van der Waals surface area contributed by atoms with Crippen molar-refractivity contribution in [3.8, 4) is 0 Å². The van der Waals surface area contributed by atoms with Crippen LogP contribution in [0.5, 0.6) is 0 Å². The molecule has 0 radical (unpaired) electrons. The summed E-state index contributed by atoms with van der Waals surface area (Å²) in [5.41, 5.74) is 0. The van der Waals surface area contributed by atoms with Gasteiger partial charge in [-0.2, -0.15) is 0 Å². The van der Waals surface area contributed by atoms with Gasteiger partial charge in [0.15, 0.2) is 9.84 Å². The summed E-state index contributed by atoms with van der Waals surface area (Å²) in [5, 5.41) is 0. The van der Waals surface area contributed by atoms with Crippen molar-refractivity contribution in [3.63, 3.8) is 0 Å². The molecule has 0 saturated heterocycles. The van der Waals surface area contributed by atoms with Crippen LogP contribution in [0.3, 0.4) is 0 Å². The first-order valence-corrected chi connectivity index (χ1v) is 8.02. The molecule has 0 aromatic rings. The van der Waals surface area contributed by atoms with Gasteiger partial charge in [-0.1, -0.05) is 12.7 Å².